The molecular formula is C16H32N4O2. The first-order valence-electron chi connectivity index (χ1n) is 8.67. The Morgan fingerprint density at radius 1 is 0.955 bits per heavy atom. The highest BCUT2D eigenvalue weighted by molar-refractivity contribution is 5.81. The molecule has 0 unspecified atom stereocenters. The molecular weight excluding hydrogens is 280 g/mol. The zero-order valence-electron chi connectivity index (χ0n) is 14.4. The Morgan fingerprint density at radius 2 is 1.50 bits per heavy atom. The van der Waals surface area contributed by atoms with Crippen LogP contribution in [0.25, 0.3) is 0 Å². The third-order valence-electron chi connectivity index (χ3n) is 4.97. The summed E-state index contributed by atoms with van der Waals surface area (Å²) >= 11 is 0. The molecule has 0 saturated carbocycles. The lowest BCUT2D eigenvalue weighted by Crippen LogP contribution is -2.57. The number of aliphatic hydroxyl groups is 1. The van der Waals surface area contributed by atoms with E-state index < -0.39 is 0 Å². The number of likely N-dealkylation sites (N-methyl/N-ethyl adjacent to an activating group) is 1. The molecule has 6 nitrogen and oxygen atoms in total. The van der Waals surface area contributed by atoms with E-state index in [4.69, 9.17) is 0 Å². The summed E-state index contributed by atoms with van der Waals surface area (Å²) in [5, 5.41) is 9.46. The van der Waals surface area contributed by atoms with E-state index in [0.717, 1.165) is 65.4 Å². The van der Waals surface area contributed by atoms with Gasteiger partial charge >= 0.3 is 0 Å². The average molecular weight is 312 g/mol. The van der Waals surface area contributed by atoms with E-state index in [-0.39, 0.29) is 18.1 Å². The lowest BCUT2D eigenvalue weighted by molar-refractivity contribution is -0.139. The molecule has 2 saturated heterocycles. The Bertz CT molecular complexity index is 348. The van der Waals surface area contributed by atoms with Crippen LogP contribution in [0.15, 0.2) is 0 Å². The van der Waals surface area contributed by atoms with E-state index in [1.54, 1.807) is 0 Å². The minimum Gasteiger partial charge on any atom is -0.392 e. The number of β-amino-alcohol motifs (C(OH)–C–C–N with tert-alkyl or cyclic N) is 1. The minimum atomic E-state index is -0.277. The Kier molecular flexibility index (Phi) is 6.62. The number of carbonyl (C=O) groups is 1. The van der Waals surface area contributed by atoms with Crippen LogP contribution in [0, 0.1) is 0 Å². The highest BCUT2D eigenvalue weighted by Gasteiger charge is 2.30. The molecule has 2 rings (SSSR count). The highest BCUT2D eigenvalue weighted by atomic mass is 16.3. The number of piperazine rings is 2. The van der Waals surface area contributed by atoms with Crippen molar-refractivity contribution in [2.75, 3.05) is 65.4 Å². The molecule has 0 aromatic carbocycles. The van der Waals surface area contributed by atoms with E-state index in [9.17, 15) is 9.90 Å². The number of nitrogens with zero attached hydrogens (tertiary/aromatic N) is 4. The van der Waals surface area contributed by atoms with Crippen molar-refractivity contribution in [3.05, 3.63) is 0 Å². The van der Waals surface area contributed by atoms with Crippen LogP contribution < -0.4 is 0 Å². The van der Waals surface area contributed by atoms with E-state index in [1.165, 1.54) is 0 Å². The number of rotatable bonds is 5. The van der Waals surface area contributed by atoms with Gasteiger partial charge in [0.1, 0.15) is 0 Å². The van der Waals surface area contributed by atoms with Gasteiger partial charge in [-0.2, -0.15) is 0 Å². The van der Waals surface area contributed by atoms with E-state index in [1.807, 2.05) is 18.7 Å². The lowest BCUT2D eigenvalue weighted by Gasteiger charge is -2.41. The van der Waals surface area contributed by atoms with Gasteiger partial charge in [0, 0.05) is 58.9 Å². The second kappa shape index (κ2) is 8.24. The molecule has 128 valence electrons. The molecule has 0 bridgehead atoms. The fourth-order valence-electron chi connectivity index (χ4n) is 3.41. The van der Waals surface area contributed by atoms with Crippen molar-refractivity contribution < 1.29 is 9.90 Å². The summed E-state index contributed by atoms with van der Waals surface area (Å²) in [6.45, 7) is 15.3. The second-order valence-electron chi connectivity index (χ2n) is 6.62. The molecule has 0 radical (unpaired) electrons. The molecule has 2 aliphatic heterocycles. The Hall–Kier alpha value is -0.690. The first-order chi connectivity index (χ1) is 10.5. The maximum absolute atomic E-state index is 12.7. The summed E-state index contributed by atoms with van der Waals surface area (Å²) in [6.07, 6.45) is -0.277. The lowest BCUT2D eigenvalue weighted by atomic mass is 10.1. The van der Waals surface area contributed by atoms with E-state index >= 15 is 0 Å². The number of carbonyl (C=O) groups excluding carboxylic acids is 1. The topological polar surface area (TPSA) is 50.3 Å². The maximum atomic E-state index is 12.7. The SMILES string of the molecule is CCN1CCN(C(=O)[C@H](C)N2CCN(C[C@@H](C)O)CC2)CC1. The van der Waals surface area contributed by atoms with Crippen LogP contribution in [-0.4, -0.2) is 108 Å². The first kappa shape index (κ1) is 17.7. The van der Waals surface area contributed by atoms with Crippen LogP contribution in [0.5, 0.6) is 0 Å². The number of hydrogen-bond acceptors (Lipinski definition) is 5. The molecule has 22 heavy (non-hydrogen) atoms. The van der Waals surface area contributed by atoms with Crippen molar-refractivity contribution in [3.8, 4) is 0 Å². The van der Waals surface area contributed by atoms with Crippen molar-refractivity contribution in [2.45, 2.75) is 32.9 Å². The van der Waals surface area contributed by atoms with E-state index in [0.29, 0.717) is 0 Å². The number of aliphatic hydroxyl groups excluding tert-OH is 1. The molecule has 0 spiro atoms. The van der Waals surface area contributed by atoms with Crippen LogP contribution in [0.3, 0.4) is 0 Å². The Balaban J connectivity index is 1.77. The largest absolute Gasteiger partial charge is 0.392 e. The molecule has 1 amide bonds. The molecule has 0 aromatic heterocycles. The van der Waals surface area contributed by atoms with Gasteiger partial charge in [0.05, 0.1) is 12.1 Å². The van der Waals surface area contributed by atoms with Gasteiger partial charge in [0.2, 0.25) is 5.91 Å². The predicted molar refractivity (Wildman–Crippen MR) is 87.8 cm³/mol. The van der Waals surface area contributed by atoms with Crippen molar-refractivity contribution >= 4 is 5.91 Å². The molecule has 2 atom stereocenters. The third kappa shape index (κ3) is 4.65. The third-order valence-corrected chi connectivity index (χ3v) is 4.97. The van der Waals surface area contributed by atoms with Gasteiger partial charge in [-0.3, -0.25) is 14.6 Å². The van der Waals surface area contributed by atoms with Gasteiger partial charge in [0.15, 0.2) is 0 Å². The summed E-state index contributed by atoms with van der Waals surface area (Å²) in [5.74, 6) is 0.278. The molecule has 6 heteroatoms. The summed E-state index contributed by atoms with van der Waals surface area (Å²) in [4.78, 5) is 21.6. The van der Waals surface area contributed by atoms with Gasteiger partial charge in [-0.1, -0.05) is 6.92 Å². The van der Waals surface area contributed by atoms with Crippen LogP contribution in [0.2, 0.25) is 0 Å². The summed E-state index contributed by atoms with van der Waals surface area (Å²) in [6, 6.07) is -0.0260. The smallest absolute Gasteiger partial charge is 0.239 e. The molecule has 2 fully saturated rings. The quantitative estimate of drug-likeness (QED) is 0.744. The summed E-state index contributed by atoms with van der Waals surface area (Å²) in [5.41, 5.74) is 0. The molecule has 0 aromatic rings. The van der Waals surface area contributed by atoms with Gasteiger partial charge in [-0.25, -0.2) is 0 Å². The normalized spacial score (nSPS) is 25.2. The van der Waals surface area contributed by atoms with Gasteiger partial charge in [0.25, 0.3) is 0 Å². The first-order valence-corrected chi connectivity index (χ1v) is 8.67. The standard InChI is InChI=1S/C16H32N4O2/c1-4-17-5-11-20(12-6-17)16(22)15(3)19-9-7-18(8-10-19)13-14(2)21/h14-15,21H,4-13H2,1-3H3/t14-,15+/m1/s1. The molecule has 1 N–H and O–H groups in total. The molecule has 2 heterocycles. The van der Waals surface area contributed by atoms with Gasteiger partial charge in [-0.15, -0.1) is 0 Å². The zero-order valence-corrected chi connectivity index (χ0v) is 14.4. The highest BCUT2D eigenvalue weighted by Crippen LogP contribution is 2.11. The van der Waals surface area contributed by atoms with Crippen LogP contribution in [-0.2, 0) is 4.79 Å². The number of hydrogen-bond donors (Lipinski definition) is 1. The van der Waals surface area contributed by atoms with Gasteiger partial charge in [-0.05, 0) is 20.4 Å². The predicted octanol–water partition coefficient (Wildman–Crippen LogP) is -0.463. The number of amides is 1. The van der Waals surface area contributed by atoms with Crippen molar-refractivity contribution in [2.24, 2.45) is 0 Å². The fourth-order valence-corrected chi connectivity index (χ4v) is 3.41. The minimum absolute atomic E-state index is 0.0260. The average Bonchev–Trinajstić information content (AvgIpc) is 2.54. The fraction of sp³-hybridized carbons (Fsp3) is 0.938. The summed E-state index contributed by atoms with van der Waals surface area (Å²) < 4.78 is 0. The van der Waals surface area contributed by atoms with Crippen LogP contribution in [0.1, 0.15) is 20.8 Å². The van der Waals surface area contributed by atoms with Crippen LogP contribution in [0.4, 0.5) is 0 Å². The molecule has 0 aliphatic carbocycles. The molecule has 2 aliphatic rings. The Morgan fingerprint density at radius 3 is 2.00 bits per heavy atom. The van der Waals surface area contributed by atoms with Crippen molar-refractivity contribution in [1.82, 2.24) is 19.6 Å². The Labute approximate surface area is 134 Å². The van der Waals surface area contributed by atoms with Crippen molar-refractivity contribution in [3.63, 3.8) is 0 Å². The van der Waals surface area contributed by atoms with Crippen molar-refractivity contribution in [1.29, 1.82) is 0 Å². The van der Waals surface area contributed by atoms with E-state index in [2.05, 4.69) is 21.6 Å². The van der Waals surface area contributed by atoms with Crippen LogP contribution >= 0.6 is 0 Å². The second-order valence-corrected chi connectivity index (χ2v) is 6.62. The summed E-state index contributed by atoms with van der Waals surface area (Å²) in [7, 11) is 0. The maximum Gasteiger partial charge on any atom is 0.239 e. The van der Waals surface area contributed by atoms with Gasteiger partial charge < -0.3 is 14.9 Å². The zero-order chi connectivity index (χ0) is 16.1. The monoisotopic (exact) mass is 312 g/mol.